The molecule has 0 radical (unpaired) electrons. The standard InChI is InChI=1S/C3H5F3O3P/c1-8-10(7)9-2-3(4,5)6/h2H2,1H3/q+1. The van der Waals surface area contributed by atoms with Gasteiger partial charge in [0.05, 0.1) is 7.11 Å². The highest BCUT2D eigenvalue weighted by atomic mass is 31.1. The highest BCUT2D eigenvalue weighted by Gasteiger charge is 2.34. The Morgan fingerprint density at radius 3 is 2.30 bits per heavy atom. The van der Waals surface area contributed by atoms with Crippen LogP contribution in [0.25, 0.3) is 0 Å². The smallest absolute Gasteiger partial charge is 0.168 e. The van der Waals surface area contributed by atoms with Crippen molar-refractivity contribution >= 4 is 8.25 Å². The van der Waals surface area contributed by atoms with Gasteiger partial charge in [-0.15, -0.1) is 9.05 Å². The number of alkyl halides is 3. The van der Waals surface area contributed by atoms with Crippen molar-refractivity contribution in [3.8, 4) is 0 Å². The summed E-state index contributed by atoms with van der Waals surface area (Å²) in [5, 5.41) is 0. The molecule has 1 unspecified atom stereocenters. The lowest BCUT2D eigenvalue weighted by Gasteiger charge is -1.97. The maximum atomic E-state index is 11.2. The van der Waals surface area contributed by atoms with Gasteiger partial charge in [0, 0.05) is 4.57 Å². The third kappa shape index (κ3) is 5.94. The highest BCUT2D eigenvalue weighted by Crippen LogP contribution is 2.26. The van der Waals surface area contributed by atoms with E-state index in [2.05, 4.69) is 9.05 Å². The number of hydrogen-bond donors (Lipinski definition) is 0. The summed E-state index contributed by atoms with van der Waals surface area (Å²) in [6.07, 6.45) is -4.45. The van der Waals surface area contributed by atoms with Gasteiger partial charge in [0.25, 0.3) is 0 Å². The van der Waals surface area contributed by atoms with E-state index in [1.807, 2.05) is 0 Å². The molecular weight excluding hydrogens is 172 g/mol. The van der Waals surface area contributed by atoms with E-state index in [9.17, 15) is 17.7 Å². The molecule has 0 fully saturated rings. The Kier molecular flexibility index (Phi) is 3.78. The van der Waals surface area contributed by atoms with Crippen LogP contribution in [0.3, 0.4) is 0 Å². The molecule has 0 aliphatic carbocycles. The van der Waals surface area contributed by atoms with E-state index >= 15 is 0 Å². The lowest BCUT2D eigenvalue weighted by molar-refractivity contribution is -0.154. The van der Waals surface area contributed by atoms with Crippen molar-refractivity contribution in [3.63, 3.8) is 0 Å². The quantitative estimate of drug-likeness (QED) is 0.617. The molecule has 0 spiro atoms. The van der Waals surface area contributed by atoms with Gasteiger partial charge in [-0.2, -0.15) is 13.2 Å². The van der Waals surface area contributed by atoms with Crippen molar-refractivity contribution in [2.24, 2.45) is 0 Å². The van der Waals surface area contributed by atoms with E-state index in [4.69, 9.17) is 0 Å². The van der Waals surface area contributed by atoms with Crippen LogP contribution >= 0.6 is 8.25 Å². The van der Waals surface area contributed by atoms with Crippen LogP contribution in [-0.4, -0.2) is 19.9 Å². The molecule has 0 aliphatic rings. The molecule has 0 rings (SSSR count). The van der Waals surface area contributed by atoms with Gasteiger partial charge >= 0.3 is 14.4 Å². The summed E-state index contributed by atoms with van der Waals surface area (Å²) < 4.78 is 51.4. The summed E-state index contributed by atoms with van der Waals surface area (Å²) in [7, 11) is -1.62. The Hall–Kier alpha value is -0.190. The molecule has 0 N–H and O–H groups in total. The van der Waals surface area contributed by atoms with E-state index in [0.29, 0.717) is 0 Å². The summed E-state index contributed by atoms with van der Waals surface area (Å²) in [6.45, 7) is -1.55. The highest BCUT2D eigenvalue weighted by molar-refractivity contribution is 7.33. The van der Waals surface area contributed by atoms with Crippen molar-refractivity contribution in [2.45, 2.75) is 6.18 Å². The van der Waals surface area contributed by atoms with E-state index in [1.54, 1.807) is 0 Å². The second-order valence-corrected chi connectivity index (χ2v) is 2.37. The van der Waals surface area contributed by atoms with E-state index < -0.39 is 21.0 Å². The number of rotatable bonds is 3. The van der Waals surface area contributed by atoms with Crippen LogP contribution in [0.4, 0.5) is 13.2 Å². The van der Waals surface area contributed by atoms with Gasteiger partial charge < -0.3 is 0 Å². The lowest BCUT2D eigenvalue weighted by atomic mass is 10.7. The van der Waals surface area contributed by atoms with Gasteiger partial charge in [-0.25, -0.2) is 0 Å². The molecule has 0 aromatic carbocycles. The lowest BCUT2D eigenvalue weighted by Crippen LogP contribution is -2.14. The molecule has 60 valence electrons. The first-order chi connectivity index (χ1) is 4.45. The Balaban J connectivity index is 3.46. The minimum Gasteiger partial charge on any atom is -0.168 e. The van der Waals surface area contributed by atoms with E-state index in [1.165, 1.54) is 0 Å². The van der Waals surface area contributed by atoms with Crippen molar-refractivity contribution in [3.05, 3.63) is 0 Å². The molecule has 0 heterocycles. The third-order valence-corrected chi connectivity index (χ3v) is 1.12. The SMILES string of the molecule is CO[P+](=O)OCC(F)(F)F. The van der Waals surface area contributed by atoms with Gasteiger partial charge in [-0.1, -0.05) is 0 Å². The molecule has 3 nitrogen and oxygen atoms in total. The van der Waals surface area contributed by atoms with Gasteiger partial charge in [-0.05, 0) is 0 Å². The summed E-state index contributed by atoms with van der Waals surface area (Å²) in [5.74, 6) is 0. The first-order valence-electron chi connectivity index (χ1n) is 2.17. The molecule has 0 saturated carbocycles. The van der Waals surface area contributed by atoms with Gasteiger partial charge in [0.1, 0.15) is 0 Å². The monoisotopic (exact) mass is 177 g/mol. The van der Waals surface area contributed by atoms with Crippen LogP contribution in [0.1, 0.15) is 0 Å². The number of halogens is 3. The molecule has 0 saturated heterocycles. The second kappa shape index (κ2) is 3.85. The zero-order valence-corrected chi connectivity index (χ0v) is 5.91. The normalized spacial score (nSPS) is 13.4. The summed E-state index contributed by atoms with van der Waals surface area (Å²) in [4.78, 5) is 0. The van der Waals surface area contributed by atoms with E-state index in [0.717, 1.165) is 7.11 Å². The van der Waals surface area contributed by atoms with Crippen molar-refractivity contribution in [2.75, 3.05) is 13.7 Å². The van der Waals surface area contributed by atoms with E-state index in [-0.39, 0.29) is 0 Å². The molecular formula is C3H5F3O3P+. The first-order valence-corrected chi connectivity index (χ1v) is 3.26. The van der Waals surface area contributed by atoms with Crippen molar-refractivity contribution in [1.29, 1.82) is 0 Å². The van der Waals surface area contributed by atoms with Crippen LogP contribution in [0, 0.1) is 0 Å². The van der Waals surface area contributed by atoms with Crippen molar-refractivity contribution < 1.29 is 26.8 Å². The average Bonchev–Trinajstić information content (AvgIpc) is 1.81. The molecule has 0 amide bonds. The Bertz CT molecular complexity index is 123. The molecule has 0 aromatic rings. The Morgan fingerprint density at radius 1 is 1.50 bits per heavy atom. The Labute approximate surface area is 56.1 Å². The minimum absolute atomic E-state index is 0.995. The topological polar surface area (TPSA) is 35.5 Å². The predicted octanol–water partition coefficient (Wildman–Crippen LogP) is 1.87. The molecule has 0 aliphatic heterocycles. The fourth-order valence-electron chi connectivity index (χ4n) is 0.179. The third-order valence-electron chi connectivity index (χ3n) is 0.483. The van der Waals surface area contributed by atoms with Gasteiger partial charge in [0.2, 0.25) is 6.61 Å². The maximum absolute atomic E-state index is 11.2. The molecule has 0 aromatic heterocycles. The van der Waals surface area contributed by atoms with Crippen LogP contribution in [0.5, 0.6) is 0 Å². The summed E-state index contributed by atoms with van der Waals surface area (Å²) in [5.41, 5.74) is 0. The largest absolute Gasteiger partial charge is 0.697 e. The van der Waals surface area contributed by atoms with Gasteiger partial charge in [-0.3, -0.25) is 0 Å². The summed E-state index contributed by atoms with van der Waals surface area (Å²) >= 11 is 0. The molecule has 0 bridgehead atoms. The fourth-order valence-corrected chi connectivity index (χ4v) is 0.536. The average molecular weight is 177 g/mol. The first kappa shape index (κ1) is 9.81. The maximum Gasteiger partial charge on any atom is 0.697 e. The van der Waals surface area contributed by atoms with Crippen LogP contribution < -0.4 is 0 Å². The van der Waals surface area contributed by atoms with Crippen LogP contribution in [-0.2, 0) is 13.6 Å². The van der Waals surface area contributed by atoms with Crippen LogP contribution in [0.2, 0.25) is 0 Å². The number of hydrogen-bond acceptors (Lipinski definition) is 3. The Morgan fingerprint density at radius 2 is 2.00 bits per heavy atom. The minimum atomic E-state index is -4.45. The van der Waals surface area contributed by atoms with Crippen molar-refractivity contribution in [1.82, 2.24) is 0 Å². The molecule has 1 atom stereocenters. The predicted molar refractivity (Wildman–Crippen MR) is 26.6 cm³/mol. The fraction of sp³-hybridized carbons (Fsp3) is 1.00. The molecule has 7 heteroatoms. The summed E-state index contributed by atoms with van der Waals surface area (Å²) in [6, 6.07) is 0. The van der Waals surface area contributed by atoms with Crippen LogP contribution in [0.15, 0.2) is 0 Å². The second-order valence-electron chi connectivity index (χ2n) is 1.29. The zero-order valence-electron chi connectivity index (χ0n) is 5.01. The zero-order chi connectivity index (χ0) is 8.20. The van der Waals surface area contributed by atoms with Gasteiger partial charge in [0.15, 0.2) is 0 Å². The molecule has 10 heavy (non-hydrogen) atoms.